The van der Waals surface area contributed by atoms with E-state index < -0.39 is 22.9 Å². The van der Waals surface area contributed by atoms with Gasteiger partial charge in [0.25, 0.3) is 11.8 Å². The van der Waals surface area contributed by atoms with E-state index in [0.29, 0.717) is 33.8 Å². The van der Waals surface area contributed by atoms with Crippen molar-refractivity contribution >= 4 is 57.6 Å². The van der Waals surface area contributed by atoms with E-state index in [1.807, 2.05) is 13.0 Å². The Morgan fingerprint density at radius 2 is 1.76 bits per heavy atom. The molecule has 0 aliphatic heterocycles. The molecule has 1 unspecified atom stereocenters. The summed E-state index contributed by atoms with van der Waals surface area (Å²) >= 11 is 2.86. The third-order valence-electron chi connectivity index (χ3n) is 7.26. The van der Waals surface area contributed by atoms with Crippen LogP contribution in [-0.2, 0) is 22.4 Å². The number of thioether (sulfide) groups is 1. The number of carbonyl (C=O) groups is 3. The second kappa shape index (κ2) is 14.8. The van der Waals surface area contributed by atoms with Gasteiger partial charge in [-0.3, -0.25) is 14.4 Å². The zero-order valence-corrected chi connectivity index (χ0v) is 26.2. The van der Waals surface area contributed by atoms with Crippen LogP contribution in [0, 0.1) is 17.1 Å². The van der Waals surface area contributed by atoms with Crippen molar-refractivity contribution in [3.05, 3.63) is 118 Å². The van der Waals surface area contributed by atoms with Crippen molar-refractivity contribution in [2.45, 2.75) is 49.2 Å². The van der Waals surface area contributed by atoms with Gasteiger partial charge in [-0.2, -0.15) is 5.26 Å². The largest absolute Gasteiger partial charge is 0.321 e. The van der Waals surface area contributed by atoms with Gasteiger partial charge < -0.3 is 16.0 Å². The number of carbonyl (C=O) groups excluding carboxylic acids is 3. The molecule has 1 aliphatic carbocycles. The summed E-state index contributed by atoms with van der Waals surface area (Å²) in [5.74, 6) is -1.63. The molecular weight excluding hydrogens is 608 g/mol. The van der Waals surface area contributed by atoms with Crippen LogP contribution in [0.3, 0.4) is 0 Å². The lowest BCUT2D eigenvalue weighted by Crippen LogP contribution is -2.30. The number of rotatable bonds is 10. The number of hydrogen-bond donors (Lipinski definition) is 3. The van der Waals surface area contributed by atoms with E-state index >= 15 is 0 Å². The van der Waals surface area contributed by atoms with E-state index in [9.17, 15) is 24.0 Å². The van der Waals surface area contributed by atoms with Crippen molar-refractivity contribution in [2.24, 2.45) is 0 Å². The van der Waals surface area contributed by atoms with Gasteiger partial charge in [-0.1, -0.05) is 43.3 Å². The molecule has 1 aliphatic rings. The zero-order valence-electron chi connectivity index (χ0n) is 24.6. The van der Waals surface area contributed by atoms with Crippen molar-refractivity contribution in [3.8, 4) is 6.07 Å². The minimum atomic E-state index is -0.568. The highest BCUT2D eigenvalue weighted by Crippen LogP contribution is 2.38. The molecule has 1 heterocycles. The number of nitrogens with one attached hydrogen (secondary N) is 3. The standard InChI is InChI=1S/C35H31FN4O3S2/c1-2-30(34(43)40-35-28(21-37)27-13-6-7-14-31(27)45-35)44-26-12-8-11-25(20-26)38-33(42)29(19-22-15-17-24(36)18-16-22)39-32(41)23-9-4-3-5-10-23/h3-5,8-12,15-20,30H,2,6-7,13-14H2,1H3,(H,38,42)(H,39,41)(H,40,43)/b29-19+. The van der Waals surface area contributed by atoms with Crippen molar-refractivity contribution < 1.29 is 18.8 Å². The van der Waals surface area contributed by atoms with Crippen LogP contribution in [0.25, 0.3) is 6.08 Å². The molecule has 3 N–H and O–H groups in total. The molecule has 0 spiro atoms. The van der Waals surface area contributed by atoms with Gasteiger partial charge in [0.2, 0.25) is 5.91 Å². The van der Waals surface area contributed by atoms with E-state index in [0.717, 1.165) is 36.1 Å². The van der Waals surface area contributed by atoms with Gasteiger partial charge in [0.05, 0.1) is 10.8 Å². The summed E-state index contributed by atoms with van der Waals surface area (Å²) in [5.41, 5.74) is 3.00. The lowest BCUT2D eigenvalue weighted by molar-refractivity contribution is -0.116. The topological polar surface area (TPSA) is 111 Å². The molecule has 3 aromatic carbocycles. The van der Waals surface area contributed by atoms with Gasteiger partial charge in [0, 0.05) is 21.0 Å². The summed E-state index contributed by atoms with van der Waals surface area (Å²) < 4.78 is 13.5. The van der Waals surface area contributed by atoms with Gasteiger partial charge >= 0.3 is 0 Å². The molecule has 0 saturated carbocycles. The molecule has 0 fully saturated rings. The van der Waals surface area contributed by atoms with Gasteiger partial charge in [-0.15, -0.1) is 23.1 Å². The highest BCUT2D eigenvalue weighted by Gasteiger charge is 2.25. The fourth-order valence-corrected chi connectivity index (χ4v) is 7.22. The lowest BCUT2D eigenvalue weighted by Gasteiger charge is -2.15. The number of anilines is 2. The van der Waals surface area contributed by atoms with E-state index in [2.05, 4.69) is 22.0 Å². The van der Waals surface area contributed by atoms with Crippen LogP contribution in [0.1, 0.15) is 58.1 Å². The Balaban J connectivity index is 1.30. The Bertz CT molecular complexity index is 1780. The average molecular weight is 639 g/mol. The Hall–Kier alpha value is -4.72. The van der Waals surface area contributed by atoms with Gasteiger partial charge in [0.15, 0.2) is 0 Å². The van der Waals surface area contributed by atoms with Crippen LogP contribution in [-0.4, -0.2) is 23.0 Å². The van der Waals surface area contributed by atoms with Crippen LogP contribution in [0.15, 0.2) is 89.5 Å². The fraction of sp³-hybridized carbons (Fsp3) is 0.200. The number of amides is 3. The highest BCUT2D eigenvalue weighted by molar-refractivity contribution is 8.00. The number of halogens is 1. The summed E-state index contributed by atoms with van der Waals surface area (Å²) in [4.78, 5) is 41.6. The first-order valence-corrected chi connectivity index (χ1v) is 16.3. The number of benzene rings is 3. The van der Waals surface area contributed by atoms with Crippen LogP contribution < -0.4 is 16.0 Å². The fourth-order valence-electron chi connectivity index (χ4n) is 4.96. The second-order valence-electron chi connectivity index (χ2n) is 10.4. The highest BCUT2D eigenvalue weighted by atomic mass is 32.2. The molecule has 0 saturated heterocycles. The van der Waals surface area contributed by atoms with Crippen LogP contribution in [0.4, 0.5) is 15.1 Å². The summed E-state index contributed by atoms with van der Waals surface area (Å²) in [6, 6.07) is 23.5. The SMILES string of the molecule is CCC(Sc1cccc(NC(=O)/C(=C\c2ccc(F)cc2)NC(=O)c2ccccc2)c1)C(=O)Nc1sc2c(c1C#N)CCCC2. The molecular formula is C35H31FN4O3S2. The Morgan fingerprint density at radius 1 is 1.00 bits per heavy atom. The maximum atomic E-state index is 13.5. The molecule has 0 radical (unpaired) electrons. The number of fused-ring (bicyclic) bond motifs is 1. The van der Waals surface area contributed by atoms with Crippen LogP contribution >= 0.6 is 23.1 Å². The van der Waals surface area contributed by atoms with Gasteiger partial charge in [-0.25, -0.2) is 4.39 Å². The third-order valence-corrected chi connectivity index (χ3v) is 9.83. The van der Waals surface area contributed by atoms with E-state index in [1.165, 1.54) is 58.3 Å². The van der Waals surface area contributed by atoms with E-state index in [-0.39, 0.29) is 11.6 Å². The molecule has 5 rings (SSSR count). The number of aryl methyl sites for hydroxylation is 1. The smallest absolute Gasteiger partial charge is 0.272 e. The Labute approximate surface area is 269 Å². The third kappa shape index (κ3) is 8.06. The first-order chi connectivity index (χ1) is 21.8. The maximum absolute atomic E-state index is 13.5. The number of thiophene rings is 1. The second-order valence-corrected chi connectivity index (χ2v) is 12.8. The minimum Gasteiger partial charge on any atom is -0.321 e. The monoisotopic (exact) mass is 638 g/mol. The summed E-state index contributed by atoms with van der Waals surface area (Å²) in [7, 11) is 0. The predicted octanol–water partition coefficient (Wildman–Crippen LogP) is 7.56. The normalized spacial score (nSPS) is 13.2. The van der Waals surface area contributed by atoms with Crippen LogP contribution in [0.2, 0.25) is 0 Å². The van der Waals surface area contributed by atoms with E-state index in [4.69, 9.17) is 0 Å². The van der Waals surface area contributed by atoms with Crippen LogP contribution in [0.5, 0.6) is 0 Å². The lowest BCUT2D eigenvalue weighted by atomic mass is 9.96. The minimum absolute atomic E-state index is 0.0220. The first-order valence-electron chi connectivity index (χ1n) is 14.6. The molecule has 7 nitrogen and oxygen atoms in total. The quantitative estimate of drug-likeness (QED) is 0.123. The van der Waals surface area contributed by atoms with Gasteiger partial charge in [0.1, 0.15) is 22.6 Å². The molecule has 1 atom stereocenters. The Morgan fingerprint density at radius 3 is 2.49 bits per heavy atom. The average Bonchev–Trinajstić information content (AvgIpc) is 3.41. The first kappa shape index (κ1) is 31.7. The van der Waals surface area contributed by atoms with Crippen molar-refractivity contribution in [1.82, 2.24) is 5.32 Å². The Kier molecular flexibility index (Phi) is 10.5. The maximum Gasteiger partial charge on any atom is 0.272 e. The van der Waals surface area contributed by atoms with E-state index in [1.54, 1.807) is 48.5 Å². The summed E-state index contributed by atoms with van der Waals surface area (Å²) in [6.07, 6.45) is 5.97. The molecule has 1 aromatic heterocycles. The number of hydrogen-bond acceptors (Lipinski definition) is 6. The summed E-state index contributed by atoms with van der Waals surface area (Å²) in [6.45, 7) is 1.93. The molecule has 45 heavy (non-hydrogen) atoms. The molecule has 0 bridgehead atoms. The molecule has 3 amide bonds. The predicted molar refractivity (Wildman–Crippen MR) is 178 cm³/mol. The molecule has 4 aromatic rings. The summed E-state index contributed by atoms with van der Waals surface area (Å²) in [5, 5.41) is 18.5. The van der Waals surface area contributed by atoms with Gasteiger partial charge in [-0.05, 0) is 91.8 Å². The molecule has 10 heteroatoms. The molecule has 228 valence electrons. The van der Waals surface area contributed by atoms with Crippen molar-refractivity contribution in [3.63, 3.8) is 0 Å². The van der Waals surface area contributed by atoms with Crippen molar-refractivity contribution in [2.75, 3.05) is 10.6 Å². The number of nitriles is 1. The number of nitrogens with zero attached hydrogens (tertiary/aromatic N) is 1. The zero-order chi connectivity index (χ0) is 31.8. The van der Waals surface area contributed by atoms with Crippen molar-refractivity contribution in [1.29, 1.82) is 5.26 Å².